The van der Waals surface area contributed by atoms with Crippen molar-refractivity contribution in [3.8, 4) is 11.1 Å². The van der Waals surface area contributed by atoms with Crippen LogP contribution in [0, 0.1) is 12.1 Å². The molecule has 0 fully saturated rings. The topological polar surface area (TPSA) is 0 Å². The SMILES string of the molecule is CC(C)(C)c1[c-]c2c(cc1)-c1ccc(C(C)(C)C)cc1C2.FC(F)(F)c1cccc([C](=[Zr+2])c2cccc(C(F)(F)F)c2)c1.[C-]1=CC=CC1.[Cl-].[Cl-]. The molecule has 0 bridgehead atoms. The maximum atomic E-state index is 12.7. The molecule has 0 unspecified atom stereocenters. The molecule has 0 saturated carbocycles. The van der Waals surface area contributed by atoms with Gasteiger partial charge in [0.25, 0.3) is 0 Å². The van der Waals surface area contributed by atoms with Crippen molar-refractivity contribution < 1.29 is 75.4 Å². The first-order valence-electron chi connectivity index (χ1n) is 15.6. The third kappa shape index (κ3) is 11.4. The van der Waals surface area contributed by atoms with Crippen LogP contribution in [-0.4, -0.2) is 3.21 Å². The summed E-state index contributed by atoms with van der Waals surface area (Å²) in [6, 6.07) is 24.3. The molecule has 0 N–H and O–H groups in total. The first kappa shape index (κ1) is 43.4. The summed E-state index contributed by atoms with van der Waals surface area (Å²) in [7, 11) is 0. The average Bonchev–Trinajstić information content (AvgIpc) is 3.71. The van der Waals surface area contributed by atoms with Gasteiger partial charge in [-0.2, -0.15) is 29.8 Å². The third-order valence-electron chi connectivity index (χ3n) is 8.01. The molecule has 264 valence electrons. The van der Waals surface area contributed by atoms with Crippen molar-refractivity contribution in [3.05, 3.63) is 154 Å². The van der Waals surface area contributed by atoms with Crippen LogP contribution in [-0.2, 0) is 53.8 Å². The number of hydrogen-bond donors (Lipinski definition) is 0. The first-order valence-corrected chi connectivity index (χ1v) is 16.8. The van der Waals surface area contributed by atoms with Gasteiger partial charge in [0.1, 0.15) is 0 Å². The number of fused-ring (bicyclic) bond motifs is 3. The standard InChI is InChI=1S/C21H25.C15H8F6.C5H5.2ClH.Zr/c1-20(2,3)16-7-9-18-14(12-16)11-15-13-17(21(4,5)6)8-10-19(15)18;16-14(17,18)12-5-1-3-10(8-12)7-11-4-2-6-13(9-11)15(19,20)21;1-2-4-5-3-1;;;/h7-10,12H,11H2,1-6H3;1-6,8-9H;1-3H,4H2;2*1H;/q-1;;-1;;;+2/p-2. The molecule has 50 heavy (non-hydrogen) atoms. The van der Waals surface area contributed by atoms with Crippen LogP contribution in [0.1, 0.15) is 92.5 Å². The van der Waals surface area contributed by atoms with Crippen LogP contribution in [0.5, 0.6) is 0 Å². The second-order valence-corrected chi connectivity index (χ2v) is 15.1. The molecular weight excluding hydrogens is 769 g/mol. The molecule has 0 nitrogen and oxygen atoms in total. The smallest absolute Gasteiger partial charge is 0.109 e. The van der Waals surface area contributed by atoms with E-state index in [0.717, 1.165) is 61.3 Å². The molecule has 0 aromatic heterocycles. The zero-order valence-electron chi connectivity index (χ0n) is 28.7. The predicted octanol–water partition coefficient (Wildman–Crippen LogP) is 5.81. The van der Waals surface area contributed by atoms with E-state index >= 15 is 0 Å². The van der Waals surface area contributed by atoms with E-state index < -0.39 is 23.5 Å². The summed E-state index contributed by atoms with van der Waals surface area (Å²) in [5.41, 5.74) is 7.60. The van der Waals surface area contributed by atoms with E-state index in [-0.39, 0.29) is 46.8 Å². The third-order valence-corrected chi connectivity index (χ3v) is 9.43. The summed E-state index contributed by atoms with van der Waals surface area (Å²) in [6.45, 7) is 13.6. The molecule has 6 rings (SSSR count). The molecule has 9 heteroatoms. The maximum absolute atomic E-state index is 12.7. The Balaban J connectivity index is 0.000000293. The van der Waals surface area contributed by atoms with Gasteiger partial charge in [0.2, 0.25) is 0 Å². The number of alkyl halides is 6. The molecule has 0 saturated heterocycles. The van der Waals surface area contributed by atoms with E-state index in [0.29, 0.717) is 3.21 Å². The van der Waals surface area contributed by atoms with Gasteiger partial charge in [0.05, 0.1) is 0 Å². The van der Waals surface area contributed by atoms with Crippen molar-refractivity contribution in [1.29, 1.82) is 0 Å². The van der Waals surface area contributed by atoms with E-state index in [1.165, 1.54) is 57.6 Å². The summed E-state index contributed by atoms with van der Waals surface area (Å²) in [4.78, 5) is 0. The zero-order chi connectivity index (χ0) is 35.5. The summed E-state index contributed by atoms with van der Waals surface area (Å²) in [6.07, 6.45) is 2.05. The normalized spacial score (nSPS) is 13.1. The van der Waals surface area contributed by atoms with E-state index in [2.05, 4.69) is 90.1 Å². The Morgan fingerprint density at radius 1 is 0.640 bits per heavy atom. The quantitative estimate of drug-likeness (QED) is 0.156. The Hall–Kier alpha value is -2.73. The zero-order valence-corrected chi connectivity index (χ0v) is 32.6. The summed E-state index contributed by atoms with van der Waals surface area (Å²) in [5, 5.41) is 0. The monoisotopic (exact) mass is 804 g/mol. The van der Waals surface area contributed by atoms with Gasteiger partial charge in [-0.1, -0.05) is 65.3 Å². The van der Waals surface area contributed by atoms with Gasteiger partial charge in [-0.05, 0) is 28.4 Å². The fourth-order valence-electron chi connectivity index (χ4n) is 5.24. The molecule has 0 amide bonds. The number of hydrogen-bond acceptors (Lipinski definition) is 0. The Morgan fingerprint density at radius 3 is 1.60 bits per heavy atom. The van der Waals surface area contributed by atoms with E-state index in [1.54, 1.807) is 0 Å². The average molecular weight is 807 g/mol. The van der Waals surface area contributed by atoms with Gasteiger partial charge in [0, 0.05) is 0 Å². The minimum Gasteiger partial charge on any atom is -1.00 e. The first-order chi connectivity index (χ1) is 22.2. The van der Waals surface area contributed by atoms with E-state index in [1.807, 2.05) is 12.2 Å². The van der Waals surface area contributed by atoms with Gasteiger partial charge >= 0.3 is 137 Å². The van der Waals surface area contributed by atoms with Crippen molar-refractivity contribution in [2.24, 2.45) is 0 Å². The van der Waals surface area contributed by atoms with Crippen LogP contribution < -0.4 is 24.8 Å². The summed E-state index contributed by atoms with van der Waals surface area (Å²) < 4.78 is 76.7. The van der Waals surface area contributed by atoms with Crippen LogP contribution in [0.25, 0.3) is 11.1 Å². The Bertz CT molecular complexity index is 1710. The van der Waals surface area contributed by atoms with Crippen LogP contribution in [0.4, 0.5) is 26.3 Å². The van der Waals surface area contributed by atoms with Crippen LogP contribution in [0.2, 0.25) is 0 Å². The fraction of sp³-hybridized carbons (Fsp3) is 0.293. The Kier molecular flexibility index (Phi) is 14.9. The van der Waals surface area contributed by atoms with Crippen LogP contribution >= 0.6 is 0 Å². The van der Waals surface area contributed by atoms with Crippen molar-refractivity contribution >= 4 is 3.21 Å². The minimum absolute atomic E-state index is 0. The molecule has 0 radical (unpaired) electrons. The van der Waals surface area contributed by atoms with Gasteiger partial charge in [0.15, 0.2) is 0 Å². The molecule has 4 aromatic carbocycles. The maximum Gasteiger partial charge on any atom is -0.109 e. The molecule has 0 heterocycles. The van der Waals surface area contributed by atoms with E-state index in [9.17, 15) is 26.3 Å². The fourth-order valence-corrected chi connectivity index (χ4v) is 6.00. The Labute approximate surface area is 319 Å². The molecule has 2 aliphatic rings. The predicted molar refractivity (Wildman–Crippen MR) is 179 cm³/mol. The largest absolute Gasteiger partial charge is 1.00 e. The number of benzene rings is 4. The van der Waals surface area contributed by atoms with Crippen molar-refractivity contribution in [3.63, 3.8) is 0 Å². The van der Waals surface area contributed by atoms with Crippen molar-refractivity contribution in [2.75, 3.05) is 0 Å². The van der Waals surface area contributed by atoms with Gasteiger partial charge in [-0.25, -0.2) is 12.2 Å². The second-order valence-electron chi connectivity index (χ2n) is 13.8. The van der Waals surface area contributed by atoms with E-state index in [4.69, 9.17) is 0 Å². The molecule has 0 atom stereocenters. The summed E-state index contributed by atoms with van der Waals surface area (Å²) in [5.74, 6) is 0. The van der Waals surface area contributed by atoms with Gasteiger partial charge < -0.3 is 24.8 Å². The molecule has 2 aliphatic carbocycles. The number of rotatable bonds is 2. The number of halogens is 8. The molecule has 0 aliphatic heterocycles. The van der Waals surface area contributed by atoms with Crippen LogP contribution in [0.15, 0.2) is 97.1 Å². The molecule has 0 spiro atoms. The van der Waals surface area contributed by atoms with Gasteiger partial charge in [-0.3, -0.25) is 6.08 Å². The van der Waals surface area contributed by atoms with Crippen molar-refractivity contribution in [1.82, 2.24) is 0 Å². The number of allylic oxidation sites excluding steroid dienone is 4. The minimum atomic E-state index is -4.49. The summed E-state index contributed by atoms with van der Waals surface area (Å²) >= 11 is 0.729. The van der Waals surface area contributed by atoms with Crippen LogP contribution in [0.3, 0.4) is 0 Å². The second kappa shape index (κ2) is 17.2. The molecule has 4 aromatic rings. The Morgan fingerprint density at radius 2 is 1.18 bits per heavy atom. The molecular formula is C41H38Cl2F6Zr-2. The van der Waals surface area contributed by atoms with Gasteiger partial charge in [-0.15, -0.1) is 17.5 Å². The van der Waals surface area contributed by atoms with Crippen molar-refractivity contribution in [2.45, 2.75) is 77.6 Å².